The molecule has 0 bridgehead atoms. The van der Waals surface area contributed by atoms with E-state index in [2.05, 4.69) is 24.1 Å². The minimum Gasteiger partial charge on any atom is -0.311 e. The average Bonchev–Trinajstić information content (AvgIpc) is 2.07. The van der Waals surface area contributed by atoms with Crippen molar-refractivity contribution < 1.29 is 0 Å². The van der Waals surface area contributed by atoms with Crippen LogP contribution in [-0.2, 0) is 0 Å². The first-order chi connectivity index (χ1) is 6.36. The summed E-state index contributed by atoms with van der Waals surface area (Å²) in [5, 5.41) is 3.58. The highest BCUT2D eigenvalue weighted by Crippen LogP contribution is 2.16. The second-order valence-electron chi connectivity index (χ2n) is 3.62. The maximum Gasteiger partial charge on any atom is 0.0249 e. The van der Waals surface area contributed by atoms with Crippen molar-refractivity contribution in [2.24, 2.45) is 0 Å². The maximum atomic E-state index is 3.58. The van der Waals surface area contributed by atoms with Crippen molar-refractivity contribution in [3.05, 3.63) is 0 Å². The molecule has 2 nitrogen and oxygen atoms in total. The average molecular weight is 202 g/mol. The van der Waals surface area contributed by atoms with E-state index in [0.29, 0.717) is 0 Å². The molecule has 1 rings (SSSR count). The van der Waals surface area contributed by atoms with Gasteiger partial charge in [-0.2, -0.15) is 11.8 Å². The lowest BCUT2D eigenvalue weighted by molar-refractivity contribution is 0.284. The van der Waals surface area contributed by atoms with Gasteiger partial charge in [0.1, 0.15) is 0 Å². The van der Waals surface area contributed by atoms with Crippen LogP contribution in [0.15, 0.2) is 0 Å². The van der Waals surface area contributed by atoms with Gasteiger partial charge in [-0.25, -0.2) is 0 Å². The molecule has 0 spiro atoms. The number of rotatable bonds is 7. The van der Waals surface area contributed by atoms with E-state index >= 15 is 0 Å². The van der Waals surface area contributed by atoms with Crippen molar-refractivity contribution in [2.45, 2.75) is 26.3 Å². The SMILES string of the molecule is CCCN(CC)CCNC1CSC1. The van der Waals surface area contributed by atoms with Crippen LogP contribution in [0.5, 0.6) is 0 Å². The van der Waals surface area contributed by atoms with Crippen molar-refractivity contribution in [3.63, 3.8) is 0 Å². The predicted octanol–water partition coefficient (Wildman–Crippen LogP) is 1.42. The fourth-order valence-electron chi connectivity index (χ4n) is 1.52. The first-order valence-corrected chi connectivity index (χ1v) is 6.55. The van der Waals surface area contributed by atoms with E-state index in [1.54, 1.807) is 0 Å². The molecule has 78 valence electrons. The van der Waals surface area contributed by atoms with E-state index in [0.717, 1.165) is 6.04 Å². The van der Waals surface area contributed by atoms with E-state index in [4.69, 9.17) is 0 Å². The number of thioether (sulfide) groups is 1. The van der Waals surface area contributed by atoms with Gasteiger partial charge in [0.05, 0.1) is 0 Å². The summed E-state index contributed by atoms with van der Waals surface area (Å²) >= 11 is 2.04. The lowest BCUT2D eigenvalue weighted by Crippen LogP contribution is -2.44. The van der Waals surface area contributed by atoms with Crippen LogP contribution < -0.4 is 5.32 Å². The molecular weight excluding hydrogens is 180 g/mol. The lowest BCUT2D eigenvalue weighted by Gasteiger charge is -2.27. The Hall–Kier alpha value is 0.270. The van der Waals surface area contributed by atoms with Gasteiger partial charge in [0.2, 0.25) is 0 Å². The number of hydrogen-bond donors (Lipinski definition) is 1. The molecule has 0 aromatic carbocycles. The Bertz CT molecular complexity index is 126. The second-order valence-corrected chi connectivity index (χ2v) is 4.70. The summed E-state index contributed by atoms with van der Waals surface area (Å²) in [5.74, 6) is 2.64. The highest BCUT2D eigenvalue weighted by atomic mass is 32.2. The summed E-state index contributed by atoms with van der Waals surface area (Å²) in [6, 6.07) is 0.810. The van der Waals surface area contributed by atoms with E-state index < -0.39 is 0 Å². The first kappa shape index (κ1) is 11.3. The van der Waals surface area contributed by atoms with E-state index in [9.17, 15) is 0 Å². The van der Waals surface area contributed by atoms with E-state index in [1.807, 2.05) is 11.8 Å². The molecule has 1 fully saturated rings. The zero-order valence-corrected chi connectivity index (χ0v) is 9.70. The lowest BCUT2D eigenvalue weighted by atomic mass is 10.3. The van der Waals surface area contributed by atoms with Crippen LogP contribution >= 0.6 is 11.8 Å². The largest absolute Gasteiger partial charge is 0.311 e. The van der Waals surface area contributed by atoms with E-state index in [-0.39, 0.29) is 0 Å². The van der Waals surface area contributed by atoms with Crippen molar-refractivity contribution >= 4 is 11.8 Å². The second kappa shape index (κ2) is 6.68. The third-order valence-corrected chi connectivity index (χ3v) is 3.76. The smallest absolute Gasteiger partial charge is 0.0249 e. The number of nitrogens with one attached hydrogen (secondary N) is 1. The van der Waals surface area contributed by atoms with Crippen LogP contribution in [0.3, 0.4) is 0 Å². The first-order valence-electron chi connectivity index (χ1n) is 5.40. The third kappa shape index (κ3) is 4.34. The molecule has 0 atom stereocenters. The van der Waals surface area contributed by atoms with Gasteiger partial charge in [-0.1, -0.05) is 13.8 Å². The Morgan fingerprint density at radius 1 is 1.31 bits per heavy atom. The Morgan fingerprint density at radius 2 is 2.08 bits per heavy atom. The van der Waals surface area contributed by atoms with Crippen molar-refractivity contribution in [3.8, 4) is 0 Å². The molecule has 3 heteroatoms. The molecule has 0 amide bonds. The number of hydrogen-bond acceptors (Lipinski definition) is 3. The van der Waals surface area contributed by atoms with Crippen LogP contribution in [0, 0.1) is 0 Å². The zero-order valence-electron chi connectivity index (χ0n) is 8.88. The highest BCUT2D eigenvalue weighted by molar-refractivity contribution is 8.00. The van der Waals surface area contributed by atoms with Crippen LogP contribution in [0.1, 0.15) is 20.3 Å². The van der Waals surface area contributed by atoms with Gasteiger partial charge in [0.15, 0.2) is 0 Å². The molecular formula is C10H22N2S. The van der Waals surface area contributed by atoms with Crippen molar-refractivity contribution in [2.75, 3.05) is 37.7 Å². The van der Waals surface area contributed by atoms with E-state index in [1.165, 1.54) is 44.1 Å². The Kier molecular flexibility index (Phi) is 5.83. The molecule has 13 heavy (non-hydrogen) atoms. The minimum atomic E-state index is 0.810. The minimum absolute atomic E-state index is 0.810. The Labute approximate surface area is 86.5 Å². The summed E-state index contributed by atoms with van der Waals surface area (Å²) in [7, 11) is 0. The highest BCUT2D eigenvalue weighted by Gasteiger charge is 2.16. The standard InChI is InChI=1S/C10H22N2S/c1-3-6-12(4-2)7-5-11-10-8-13-9-10/h10-11H,3-9H2,1-2H3. The van der Waals surface area contributed by atoms with Gasteiger partial charge in [-0.15, -0.1) is 0 Å². The van der Waals surface area contributed by atoms with Crippen LogP contribution in [0.2, 0.25) is 0 Å². The molecule has 1 N–H and O–H groups in total. The molecule has 1 aliphatic rings. The quantitative estimate of drug-likeness (QED) is 0.672. The van der Waals surface area contributed by atoms with Crippen molar-refractivity contribution in [1.29, 1.82) is 0 Å². The molecule has 1 aliphatic heterocycles. The Morgan fingerprint density at radius 3 is 2.54 bits per heavy atom. The van der Waals surface area contributed by atoms with Gasteiger partial charge in [0, 0.05) is 30.6 Å². The van der Waals surface area contributed by atoms with Gasteiger partial charge in [0.25, 0.3) is 0 Å². The monoisotopic (exact) mass is 202 g/mol. The van der Waals surface area contributed by atoms with Gasteiger partial charge in [-0.05, 0) is 19.5 Å². The zero-order chi connectivity index (χ0) is 9.52. The molecule has 0 unspecified atom stereocenters. The number of likely N-dealkylation sites (N-methyl/N-ethyl adjacent to an activating group) is 1. The maximum absolute atomic E-state index is 3.58. The summed E-state index contributed by atoms with van der Waals surface area (Å²) < 4.78 is 0. The predicted molar refractivity (Wildman–Crippen MR) is 61.5 cm³/mol. The third-order valence-electron chi connectivity index (χ3n) is 2.49. The summed E-state index contributed by atoms with van der Waals surface area (Å²) in [6.45, 7) is 9.31. The fraction of sp³-hybridized carbons (Fsp3) is 1.00. The summed E-state index contributed by atoms with van der Waals surface area (Å²) in [5.41, 5.74) is 0. The van der Waals surface area contributed by atoms with Gasteiger partial charge < -0.3 is 10.2 Å². The van der Waals surface area contributed by atoms with Crippen LogP contribution in [0.25, 0.3) is 0 Å². The van der Waals surface area contributed by atoms with Gasteiger partial charge >= 0.3 is 0 Å². The van der Waals surface area contributed by atoms with Gasteiger partial charge in [-0.3, -0.25) is 0 Å². The fourth-order valence-corrected chi connectivity index (χ4v) is 2.23. The van der Waals surface area contributed by atoms with Crippen molar-refractivity contribution in [1.82, 2.24) is 10.2 Å². The topological polar surface area (TPSA) is 15.3 Å². The molecule has 0 aromatic heterocycles. The van der Waals surface area contributed by atoms with Crippen LogP contribution in [0.4, 0.5) is 0 Å². The van der Waals surface area contributed by atoms with Crippen LogP contribution in [-0.4, -0.2) is 48.6 Å². The molecule has 0 saturated carbocycles. The molecule has 1 heterocycles. The summed E-state index contributed by atoms with van der Waals surface area (Å²) in [6.07, 6.45) is 1.27. The number of nitrogens with zero attached hydrogens (tertiary/aromatic N) is 1. The summed E-state index contributed by atoms with van der Waals surface area (Å²) in [4.78, 5) is 2.51. The molecule has 0 aromatic rings. The molecule has 0 radical (unpaired) electrons. The normalized spacial score (nSPS) is 17.8. The Balaban J connectivity index is 1.94. The molecule has 1 saturated heterocycles. The molecule has 0 aliphatic carbocycles.